The molecule has 0 amide bonds. The number of phenolic OH excluding ortho intramolecular Hbond substituents is 1. The minimum Gasteiger partial charge on any atom is -0.506 e. The average Bonchev–Trinajstić information content (AvgIpc) is 2.88. The molecule has 2 aromatic heterocycles. The molecular weight excluding hydrogens is 290 g/mol. The molecule has 106 valence electrons. The number of aryl methyl sites for hydroxylation is 1. The normalized spacial score (nSPS) is 10.8. The van der Waals surface area contributed by atoms with Gasteiger partial charge in [-0.25, -0.2) is 9.97 Å². The van der Waals surface area contributed by atoms with Crippen LogP contribution in [0.25, 0.3) is 22.6 Å². The number of nitrogen functional groups attached to an aromatic ring is 1. The molecular formula is C14H12ClN5O. The minimum absolute atomic E-state index is 0.0168. The fraction of sp³-hybridized carbons (Fsp3) is 0.0714. The zero-order valence-corrected chi connectivity index (χ0v) is 11.9. The monoisotopic (exact) mass is 301 g/mol. The smallest absolute Gasteiger partial charge is 0.142 e. The third kappa shape index (κ3) is 2.41. The number of hydrogen-bond acceptors (Lipinski definition) is 5. The third-order valence-corrected chi connectivity index (χ3v) is 3.38. The lowest BCUT2D eigenvalue weighted by molar-refractivity contribution is 0.475. The number of anilines is 1. The molecule has 7 heteroatoms. The number of nitrogens with one attached hydrogen (secondary N) is 1. The van der Waals surface area contributed by atoms with E-state index in [1.807, 2.05) is 6.92 Å². The van der Waals surface area contributed by atoms with Crippen LogP contribution in [0.4, 0.5) is 5.82 Å². The van der Waals surface area contributed by atoms with E-state index >= 15 is 0 Å². The largest absolute Gasteiger partial charge is 0.506 e. The summed E-state index contributed by atoms with van der Waals surface area (Å²) in [5.74, 6) is 0.329. The zero-order valence-electron chi connectivity index (χ0n) is 11.1. The van der Waals surface area contributed by atoms with Crippen molar-refractivity contribution in [3.05, 3.63) is 41.4 Å². The second kappa shape index (κ2) is 5.06. The van der Waals surface area contributed by atoms with E-state index in [0.29, 0.717) is 17.2 Å². The summed E-state index contributed by atoms with van der Waals surface area (Å²) in [5.41, 5.74) is 9.21. The summed E-state index contributed by atoms with van der Waals surface area (Å²) in [6.07, 6.45) is 3.06. The average molecular weight is 302 g/mol. The van der Waals surface area contributed by atoms with Gasteiger partial charge in [0, 0.05) is 5.56 Å². The van der Waals surface area contributed by atoms with Crippen LogP contribution in [0, 0.1) is 6.92 Å². The van der Waals surface area contributed by atoms with Gasteiger partial charge in [-0.05, 0) is 25.1 Å². The van der Waals surface area contributed by atoms with Crippen molar-refractivity contribution >= 4 is 17.4 Å². The van der Waals surface area contributed by atoms with E-state index in [1.54, 1.807) is 18.5 Å². The summed E-state index contributed by atoms with van der Waals surface area (Å²) in [4.78, 5) is 15.9. The Morgan fingerprint density at radius 3 is 2.71 bits per heavy atom. The number of aromatic amines is 1. The van der Waals surface area contributed by atoms with E-state index in [0.717, 1.165) is 17.0 Å². The van der Waals surface area contributed by atoms with Gasteiger partial charge in [0.15, 0.2) is 0 Å². The van der Waals surface area contributed by atoms with Gasteiger partial charge in [0.1, 0.15) is 17.3 Å². The van der Waals surface area contributed by atoms with Crippen LogP contribution < -0.4 is 5.73 Å². The Labute approximate surface area is 125 Å². The van der Waals surface area contributed by atoms with Crippen LogP contribution >= 0.6 is 11.6 Å². The van der Waals surface area contributed by atoms with Gasteiger partial charge in [-0.15, -0.1) is 0 Å². The van der Waals surface area contributed by atoms with Crippen LogP contribution in [0.5, 0.6) is 5.75 Å². The zero-order chi connectivity index (χ0) is 15.0. The van der Waals surface area contributed by atoms with Crippen LogP contribution in [0.2, 0.25) is 5.02 Å². The lowest BCUT2D eigenvalue weighted by Gasteiger charge is -2.09. The second-order valence-electron chi connectivity index (χ2n) is 4.52. The number of aromatic nitrogens is 4. The maximum Gasteiger partial charge on any atom is 0.142 e. The maximum atomic E-state index is 9.53. The molecule has 0 unspecified atom stereocenters. The molecule has 1 aromatic carbocycles. The number of H-pyrrole nitrogens is 1. The molecule has 0 aliphatic carbocycles. The summed E-state index contributed by atoms with van der Waals surface area (Å²) >= 11 is 5.96. The molecule has 0 atom stereocenters. The molecule has 4 N–H and O–H groups in total. The highest BCUT2D eigenvalue weighted by molar-refractivity contribution is 6.32. The first-order valence-corrected chi connectivity index (χ1v) is 6.56. The van der Waals surface area contributed by atoms with Crippen molar-refractivity contribution in [2.45, 2.75) is 6.92 Å². The topological polar surface area (TPSA) is 101 Å². The van der Waals surface area contributed by atoms with Gasteiger partial charge in [0.05, 0.1) is 34.6 Å². The van der Waals surface area contributed by atoms with E-state index in [1.165, 1.54) is 12.3 Å². The van der Waals surface area contributed by atoms with E-state index in [-0.39, 0.29) is 10.8 Å². The quantitative estimate of drug-likeness (QED) is 0.675. The maximum absolute atomic E-state index is 9.53. The predicted octanol–water partition coefficient (Wildman–Crippen LogP) is 2.78. The Kier molecular flexibility index (Phi) is 3.23. The van der Waals surface area contributed by atoms with Crippen molar-refractivity contribution in [2.75, 3.05) is 5.73 Å². The fourth-order valence-electron chi connectivity index (χ4n) is 2.04. The first kappa shape index (κ1) is 13.4. The molecule has 3 rings (SSSR count). The number of halogens is 1. The number of benzene rings is 1. The molecule has 21 heavy (non-hydrogen) atoms. The Bertz CT molecular complexity index is 815. The second-order valence-corrected chi connectivity index (χ2v) is 4.93. The van der Waals surface area contributed by atoms with Gasteiger partial charge in [-0.3, -0.25) is 4.98 Å². The molecule has 0 saturated carbocycles. The Morgan fingerprint density at radius 2 is 2.05 bits per heavy atom. The van der Waals surface area contributed by atoms with Crippen molar-refractivity contribution < 1.29 is 5.11 Å². The summed E-state index contributed by atoms with van der Waals surface area (Å²) < 4.78 is 0. The van der Waals surface area contributed by atoms with Crippen LogP contribution in [0.3, 0.4) is 0 Å². The standard InChI is InChI=1S/C14H12ClN5O/c1-7-12(19-6-18-7)14-13(17-5-11(16)20-14)8-2-3-10(21)9(15)4-8/h2-6,21H,1H3,(H2,16,20)(H,18,19). The van der Waals surface area contributed by atoms with E-state index in [4.69, 9.17) is 17.3 Å². The number of phenols is 1. The number of rotatable bonds is 2. The summed E-state index contributed by atoms with van der Waals surface area (Å²) in [5, 5.41) is 9.78. The Morgan fingerprint density at radius 1 is 1.24 bits per heavy atom. The molecule has 0 aliphatic rings. The first-order chi connectivity index (χ1) is 10.1. The Hall–Kier alpha value is -2.60. The summed E-state index contributed by atoms with van der Waals surface area (Å²) in [6, 6.07) is 4.86. The van der Waals surface area contributed by atoms with Crippen LogP contribution in [-0.2, 0) is 0 Å². The van der Waals surface area contributed by atoms with Crippen LogP contribution in [-0.4, -0.2) is 25.0 Å². The van der Waals surface area contributed by atoms with Gasteiger partial charge in [-0.1, -0.05) is 11.6 Å². The number of hydrogen-bond donors (Lipinski definition) is 3. The van der Waals surface area contributed by atoms with Crippen molar-refractivity contribution in [3.8, 4) is 28.4 Å². The molecule has 0 aliphatic heterocycles. The number of nitrogens with two attached hydrogens (primary N) is 1. The molecule has 0 radical (unpaired) electrons. The predicted molar refractivity (Wildman–Crippen MR) is 80.9 cm³/mol. The number of aromatic hydroxyl groups is 1. The van der Waals surface area contributed by atoms with Gasteiger partial charge in [0.2, 0.25) is 0 Å². The van der Waals surface area contributed by atoms with Gasteiger partial charge in [-0.2, -0.15) is 0 Å². The fourth-order valence-corrected chi connectivity index (χ4v) is 2.23. The molecule has 0 bridgehead atoms. The number of imidazole rings is 1. The van der Waals surface area contributed by atoms with Gasteiger partial charge >= 0.3 is 0 Å². The van der Waals surface area contributed by atoms with Crippen LogP contribution in [0.15, 0.2) is 30.7 Å². The van der Waals surface area contributed by atoms with Crippen molar-refractivity contribution in [1.82, 2.24) is 19.9 Å². The molecule has 6 nitrogen and oxygen atoms in total. The molecule has 0 fully saturated rings. The number of nitrogens with zero attached hydrogens (tertiary/aromatic N) is 3. The minimum atomic E-state index is 0.0168. The SMILES string of the molecule is Cc1nc[nH]c1-c1nc(N)cnc1-c1ccc(O)c(Cl)c1. The van der Waals surface area contributed by atoms with Crippen LogP contribution in [0.1, 0.15) is 5.69 Å². The summed E-state index contributed by atoms with van der Waals surface area (Å²) in [7, 11) is 0. The van der Waals surface area contributed by atoms with Crippen molar-refractivity contribution in [1.29, 1.82) is 0 Å². The van der Waals surface area contributed by atoms with Gasteiger partial charge in [0.25, 0.3) is 0 Å². The third-order valence-electron chi connectivity index (χ3n) is 3.08. The molecule has 0 saturated heterocycles. The van der Waals surface area contributed by atoms with E-state index in [2.05, 4.69) is 19.9 Å². The lowest BCUT2D eigenvalue weighted by Crippen LogP contribution is -1.99. The van der Waals surface area contributed by atoms with Gasteiger partial charge < -0.3 is 15.8 Å². The van der Waals surface area contributed by atoms with Crippen molar-refractivity contribution in [2.24, 2.45) is 0 Å². The first-order valence-electron chi connectivity index (χ1n) is 6.18. The molecule has 3 aromatic rings. The highest BCUT2D eigenvalue weighted by atomic mass is 35.5. The van der Waals surface area contributed by atoms with E-state index in [9.17, 15) is 5.11 Å². The highest BCUT2D eigenvalue weighted by Crippen LogP contribution is 2.33. The highest BCUT2D eigenvalue weighted by Gasteiger charge is 2.16. The van der Waals surface area contributed by atoms with E-state index < -0.39 is 0 Å². The van der Waals surface area contributed by atoms with Crippen molar-refractivity contribution in [3.63, 3.8) is 0 Å². The molecule has 2 heterocycles. The molecule has 0 spiro atoms. The Balaban J connectivity index is 2.23. The summed E-state index contributed by atoms with van der Waals surface area (Å²) in [6.45, 7) is 1.87. The lowest BCUT2D eigenvalue weighted by atomic mass is 10.1.